The molecule has 0 aliphatic carbocycles. The first-order valence-electron chi connectivity index (χ1n) is 12.5. The van der Waals surface area contributed by atoms with Crippen molar-refractivity contribution < 1.29 is 5.11 Å². The van der Waals surface area contributed by atoms with Gasteiger partial charge >= 0.3 is 0 Å². The zero-order valence-corrected chi connectivity index (χ0v) is 21.3. The molecule has 0 unspecified atom stereocenters. The van der Waals surface area contributed by atoms with E-state index in [4.69, 9.17) is 4.98 Å². The molecule has 0 saturated heterocycles. The van der Waals surface area contributed by atoms with Gasteiger partial charge in [-0.2, -0.15) is 0 Å². The van der Waals surface area contributed by atoms with Crippen LogP contribution in [0.5, 0.6) is 0 Å². The Morgan fingerprint density at radius 3 is 1.39 bits per heavy atom. The van der Waals surface area contributed by atoms with Crippen molar-refractivity contribution in [2.24, 2.45) is 14.1 Å². The highest BCUT2D eigenvalue weighted by Gasteiger charge is 2.45. The summed E-state index contributed by atoms with van der Waals surface area (Å²) >= 11 is 0. The van der Waals surface area contributed by atoms with Crippen LogP contribution in [-0.2, 0) is 25.2 Å². The summed E-state index contributed by atoms with van der Waals surface area (Å²) in [7, 11) is 3.71. The van der Waals surface area contributed by atoms with Gasteiger partial charge in [-0.25, -0.2) is 15.0 Å². The van der Waals surface area contributed by atoms with Gasteiger partial charge < -0.3 is 18.8 Å². The van der Waals surface area contributed by atoms with Crippen molar-refractivity contribution >= 4 is 0 Å². The smallest absolute Gasteiger partial charge is 0.224 e. The van der Waals surface area contributed by atoms with Crippen LogP contribution in [0.1, 0.15) is 34.0 Å². The summed E-state index contributed by atoms with van der Waals surface area (Å²) in [6.45, 7) is 0. The van der Waals surface area contributed by atoms with Crippen LogP contribution in [0.15, 0.2) is 128 Å². The second-order valence-corrected chi connectivity index (χ2v) is 9.41. The third-order valence-electron chi connectivity index (χ3n) is 7.20. The molecule has 0 spiro atoms. The predicted molar refractivity (Wildman–Crippen MR) is 145 cm³/mol. The summed E-state index contributed by atoms with van der Waals surface area (Å²) < 4.78 is 5.68. The van der Waals surface area contributed by atoms with Crippen molar-refractivity contribution in [1.29, 1.82) is 0 Å². The van der Waals surface area contributed by atoms with E-state index in [1.54, 1.807) is 27.9 Å². The maximum Gasteiger partial charge on any atom is 0.224 e. The number of hydrogen-bond acceptors (Lipinski definition) is 4. The minimum Gasteiger partial charge on any atom is -0.370 e. The largest absolute Gasteiger partial charge is 0.370 e. The van der Waals surface area contributed by atoms with Gasteiger partial charge in [0, 0.05) is 45.1 Å². The minimum atomic E-state index is -1.68. The fraction of sp³-hybridized carbons (Fsp3) is 0.129. The third-order valence-corrected chi connectivity index (χ3v) is 7.20. The fourth-order valence-electron chi connectivity index (χ4n) is 5.44. The van der Waals surface area contributed by atoms with E-state index in [1.807, 2.05) is 87.3 Å². The molecule has 0 amide bonds. The normalized spacial score (nSPS) is 12.1. The number of aliphatic hydroxyl groups is 1. The SMILES string of the molecule is Cn1ccnc1C(O)(c1cn(C(c2ccccc2)(c2ccccc2)c2ccccc2)cn1)c1nccn1C. The molecule has 188 valence electrons. The van der Waals surface area contributed by atoms with E-state index in [-0.39, 0.29) is 0 Å². The predicted octanol–water partition coefficient (Wildman–Crippen LogP) is 4.47. The second kappa shape index (κ2) is 9.28. The molecule has 0 bridgehead atoms. The van der Waals surface area contributed by atoms with Gasteiger partial charge in [-0.15, -0.1) is 0 Å². The molecule has 6 rings (SSSR count). The van der Waals surface area contributed by atoms with E-state index in [9.17, 15) is 5.11 Å². The number of imidazole rings is 3. The first kappa shape index (κ1) is 23.6. The second-order valence-electron chi connectivity index (χ2n) is 9.41. The van der Waals surface area contributed by atoms with Gasteiger partial charge in [-0.1, -0.05) is 91.0 Å². The molecule has 3 heterocycles. The molecule has 0 fully saturated rings. The van der Waals surface area contributed by atoms with Crippen LogP contribution in [0.2, 0.25) is 0 Å². The van der Waals surface area contributed by atoms with Crippen LogP contribution in [0.3, 0.4) is 0 Å². The monoisotopic (exact) mass is 500 g/mol. The molecule has 0 aliphatic heterocycles. The summed E-state index contributed by atoms with van der Waals surface area (Å²) in [5.74, 6) is 0.864. The molecule has 0 aliphatic rings. The molecule has 3 aromatic carbocycles. The van der Waals surface area contributed by atoms with Crippen molar-refractivity contribution in [3.05, 3.63) is 162 Å². The lowest BCUT2D eigenvalue weighted by Gasteiger charge is -2.37. The van der Waals surface area contributed by atoms with Crippen LogP contribution < -0.4 is 0 Å². The Hall–Kier alpha value is -4.75. The van der Waals surface area contributed by atoms with E-state index >= 15 is 0 Å². The van der Waals surface area contributed by atoms with Crippen LogP contribution in [-0.4, -0.2) is 33.8 Å². The molecule has 0 radical (unpaired) electrons. The molecule has 7 heteroatoms. The van der Waals surface area contributed by atoms with E-state index < -0.39 is 11.1 Å². The molecule has 0 atom stereocenters. The highest BCUT2D eigenvalue weighted by Crippen LogP contribution is 2.42. The van der Waals surface area contributed by atoms with Crippen molar-refractivity contribution in [1.82, 2.24) is 28.7 Å². The quantitative estimate of drug-likeness (QED) is 0.328. The molecular weight excluding hydrogens is 472 g/mol. The fourth-order valence-corrected chi connectivity index (χ4v) is 5.44. The maximum absolute atomic E-state index is 12.4. The van der Waals surface area contributed by atoms with Crippen LogP contribution in [0, 0.1) is 0 Å². The van der Waals surface area contributed by atoms with Gasteiger partial charge in [-0.3, -0.25) is 0 Å². The van der Waals surface area contributed by atoms with Crippen molar-refractivity contribution in [2.45, 2.75) is 11.1 Å². The molecule has 0 saturated carbocycles. The Balaban J connectivity index is 1.66. The molecular formula is C31H28N6O. The number of hydrogen-bond donors (Lipinski definition) is 1. The Kier molecular flexibility index (Phi) is 5.77. The lowest BCUT2D eigenvalue weighted by atomic mass is 9.76. The first-order valence-corrected chi connectivity index (χ1v) is 12.5. The number of benzene rings is 3. The summed E-state index contributed by atoms with van der Waals surface area (Å²) in [5, 5.41) is 12.4. The summed E-state index contributed by atoms with van der Waals surface area (Å²) in [5.41, 5.74) is 1.20. The molecule has 3 aromatic heterocycles. The van der Waals surface area contributed by atoms with Crippen molar-refractivity contribution in [3.63, 3.8) is 0 Å². The Bertz CT molecular complexity index is 1510. The molecule has 1 N–H and O–H groups in total. The standard InChI is InChI=1S/C31H28N6O/c1-35-20-18-32-28(35)31(38,29-33-19-21-36(29)2)27-22-37(23-34-27)30(24-12-6-3-7-13-24,25-14-8-4-9-15-25)26-16-10-5-11-17-26/h3-23,38H,1-2H3. The lowest BCUT2D eigenvalue weighted by molar-refractivity contribution is 0.0949. The zero-order chi connectivity index (χ0) is 26.2. The summed E-state index contributed by atoms with van der Waals surface area (Å²) in [6, 6.07) is 31.1. The highest BCUT2D eigenvalue weighted by molar-refractivity contribution is 5.51. The zero-order valence-electron chi connectivity index (χ0n) is 21.3. The van der Waals surface area contributed by atoms with Gasteiger partial charge in [-0.05, 0) is 16.7 Å². The molecule has 6 aromatic rings. The number of rotatable bonds is 7. The van der Waals surface area contributed by atoms with Gasteiger partial charge in [0.1, 0.15) is 11.2 Å². The molecule has 38 heavy (non-hydrogen) atoms. The number of nitrogens with zero attached hydrogens (tertiary/aromatic N) is 6. The average molecular weight is 501 g/mol. The Labute approximate surface area is 221 Å². The summed E-state index contributed by atoms with van der Waals surface area (Å²) in [6.07, 6.45) is 10.7. The van der Waals surface area contributed by atoms with Crippen LogP contribution in [0.25, 0.3) is 0 Å². The van der Waals surface area contributed by atoms with Crippen molar-refractivity contribution in [2.75, 3.05) is 0 Å². The maximum atomic E-state index is 12.4. The van der Waals surface area contributed by atoms with Gasteiger partial charge in [0.05, 0.1) is 6.33 Å². The van der Waals surface area contributed by atoms with Crippen LogP contribution in [0.4, 0.5) is 0 Å². The average Bonchev–Trinajstić information content (AvgIpc) is 3.73. The van der Waals surface area contributed by atoms with E-state index in [2.05, 4.69) is 50.9 Å². The highest BCUT2D eigenvalue weighted by atomic mass is 16.3. The van der Waals surface area contributed by atoms with Crippen LogP contribution >= 0.6 is 0 Å². The summed E-state index contributed by atoms with van der Waals surface area (Å²) in [4.78, 5) is 13.9. The third kappa shape index (κ3) is 3.51. The van der Waals surface area contributed by atoms with Gasteiger partial charge in [0.15, 0.2) is 11.6 Å². The Morgan fingerprint density at radius 1 is 0.605 bits per heavy atom. The lowest BCUT2D eigenvalue weighted by Crippen LogP contribution is -2.38. The minimum absolute atomic E-state index is 0.424. The first-order chi connectivity index (χ1) is 18.6. The van der Waals surface area contributed by atoms with E-state index in [0.29, 0.717) is 17.3 Å². The topological polar surface area (TPSA) is 73.7 Å². The van der Waals surface area contributed by atoms with Gasteiger partial charge in [0.2, 0.25) is 5.60 Å². The van der Waals surface area contributed by atoms with E-state index in [0.717, 1.165) is 16.7 Å². The van der Waals surface area contributed by atoms with Crippen molar-refractivity contribution in [3.8, 4) is 0 Å². The number of aryl methyl sites for hydroxylation is 2. The van der Waals surface area contributed by atoms with E-state index in [1.165, 1.54) is 0 Å². The molecule has 7 nitrogen and oxygen atoms in total. The van der Waals surface area contributed by atoms with Gasteiger partial charge in [0.25, 0.3) is 0 Å². The Morgan fingerprint density at radius 2 is 1.03 bits per heavy atom. The number of aromatic nitrogens is 6.